The minimum absolute atomic E-state index is 0.180. The van der Waals surface area contributed by atoms with Crippen molar-refractivity contribution < 1.29 is 8.42 Å². The average molecular weight is 269 g/mol. The van der Waals surface area contributed by atoms with Gasteiger partial charge in [-0.25, -0.2) is 13.1 Å². The molecule has 0 unspecified atom stereocenters. The predicted molar refractivity (Wildman–Crippen MR) is 72.6 cm³/mol. The van der Waals surface area contributed by atoms with Crippen molar-refractivity contribution >= 4 is 10.0 Å². The Morgan fingerprint density at radius 2 is 2.00 bits per heavy atom. The highest BCUT2D eigenvalue weighted by Gasteiger charge is 2.69. The molecule has 1 spiro atoms. The zero-order chi connectivity index (χ0) is 13.2. The van der Waals surface area contributed by atoms with Gasteiger partial charge in [-0.3, -0.25) is 0 Å². The highest BCUT2D eigenvalue weighted by molar-refractivity contribution is 7.90. The largest absolute Gasteiger partial charge is 0.216 e. The van der Waals surface area contributed by atoms with Crippen LogP contribution in [0.15, 0.2) is 12.2 Å². The van der Waals surface area contributed by atoms with Crippen LogP contribution in [0.5, 0.6) is 0 Å². The van der Waals surface area contributed by atoms with E-state index in [2.05, 4.69) is 16.9 Å². The van der Waals surface area contributed by atoms with E-state index in [0.717, 1.165) is 25.2 Å². The van der Waals surface area contributed by atoms with Gasteiger partial charge in [0.15, 0.2) is 0 Å². The zero-order valence-electron chi connectivity index (χ0n) is 11.4. The van der Waals surface area contributed by atoms with Gasteiger partial charge in [0.05, 0.1) is 4.75 Å². The van der Waals surface area contributed by atoms with E-state index >= 15 is 0 Å². The Kier molecular flexibility index (Phi) is 2.54. The molecule has 0 aromatic heterocycles. The first-order valence-electron chi connectivity index (χ1n) is 6.95. The number of sulfonamides is 1. The third kappa shape index (κ3) is 1.61. The first-order chi connectivity index (χ1) is 8.28. The predicted octanol–water partition coefficient (Wildman–Crippen LogP) is 2.45. The molecule has 0 heterocycles. The van der Waals surface area contributed by atoms with Gasteiger partial charge < -0.3 is 0 Å². The molecule has 0 saturated heterocycles. The summed E-state index contributed by atoms with van der Waals surface area (Å²) in [6.45, 7) is 5.30. The molecule has 0 radical (unpaired) electrons. The van der Waals surface area contributed by atoms with Crippen LogP contribution in [0.4, 0.5) is 0 Å². The second kappa shape index (κ2) is 3.60. The van der Waals surface area contributed by atoms with E-state index < -0.39 is 14.8 Å². The molecule has 3 rings (SSSR count). The molecule has 3 aliphatic carbocycles. The minimum atomic E-state index is -3.20. The summed E-state index contributed by atoms with van der Waals surface area (Å²) in [6, 6.07) is 0.180. The molecule has 0 bridgehead atoms. The number of nitrogens with one attached hydrogen (secondary N) is 1. The summed E-state index contributed by atoms with van der Waals surface area (Å²) < 4.78 is 26.8. The van der Waals surface area contributed by atoms with Crippen molar-refractivity contribution in [3.63, 3.8) is 0 Å². The Bertz CT molecular complexity index is 488. The van der Waals surface area contributed by atoms with E-state index in [1.54, 1.807) is 20.8 Å². The summed E-state index contributed by atoms with van der Waals surface area (Å²) in [5.41, 5.74) is 0.458. The van der Waals surface area contributed by atoms with Crippen molar-refractivity contribution in [1.29, 1.82) is 0 Å². The highest BCUT2D eigenvalue weighted by Crippen LogP contribution is 2.72. The SMILES string of the molecule is CC(C)(C)S(=O)(=O)N[C@@H]1CC[C@@]23CC=CC[C@@H]2[C@@H]13. The van der Waals surface area contributed by atoms with Gasteiger partial charge in [-0.2, -0.15) is 0 Å². The smallest absolute Gasteiger partial charge is 0.212 e. The van der Waals surface area contributed by atoms with E-state index in [1.165, 1.54) is 6.42 Å². The fourth-order valence-electron chi connectivity index (χ4n) is 4.07. The third-order valence-corrected chi connectivity index (χ3v) is 7.47. The molecule has 2 saturated carbocycles. The summed E-state index contributed by atoms with van der Waals surface area (Å²) in [5.74, 6) is 1.33. The van der Waals surface area contributed by atoms with E-state index in [0.29, 0.717) is 11.3 Å². The lowest BCUT2D eigenvalue weighted by molar-refractivity contribution is 0.418. The summed E-state index contributed by atoms with van der Waals surface area (Å²) in [4.78, 5) is 0. The minimum Gasteiger partial charge on any atom is -0.212 e. The Morgan fingerprint density at radius 3 is 2.61 bits per heavy atom. The maximum atomic E-state index is 12.2. The van der Waals surface area contributed by atoms with Gasteiger partial charge >= 0.3 is 0 Å². The van der Waals surface area contributed by atoms with Crippen molar-refractivity contribution in [2.45, 2.75) is 57.2 Å². The number of hydrogen-bond acceptors (Lipinski definition) is 2. The van der Waals surface area contributed by atoms with Crippen LogP contribution in [0.25, 0.3) is 0 Å². The third-order valence-electron chi connectivity index (χ3n) is 5.25. The molecule has 2 fully saturated rings. The molecule has 0 amide bonds. The van der Waals surface area contributed by atoms with Crippen LogP contribution in [0, 0.1) is 17.3 Å². The molecule has 1 N–H and O–H groups in total. The van der Waals surface area contributed by atoms with Crippen LogP contribution in [0.2, 0.25) is 0 Å². The summed E-state index contributed by atoms with van der Waals surface area (Å²) in [6.07, 6.45) is 9.09. The van der Waals surface area contributed by atoms with Crippen LogP contribution in [0.3, 0.4) is 0 Å². The number of allylic oxidation sites excluding steroid dienone is 2. The summed E-state index contributed by atoms with van der Waals surface area (Å²) in [7, 11) is -3.20. The van der Waals surface area contributed by atoms with Gasteiger partial charge in [-0.1, -0.05) is 12.2 Å². The molecule has 0 aliphatic heterocycles. The van der Waals surface area contributed by atoms with Crippen molar-refractivity contribution in [3.05, 3.63) is 12.2 Å². The van der Waals surface area contributed by atoms with E-state index in [4.69, 9.17) is 0 Å². The van der Waals surface area contributed by atoms with Gasteiger partial charge in [0, 0.05) is 6.04 Å². The Labute approximate surface area is 110 Å². The van der Waals surface area contributed by atoms with Crippen molar-refractivity contribution in [3.8, 4) is 0 Å². The van der Waals surface area contributed by atoms with Crippen LogP contribution in [-0.4, -0.2) is 19.2 Å². The normalized spacial score (nSPS) is 42.5. The standard InChI is InChI=1S/C14H23NO2S/c1-13(2,3)18(16,17)15-11-7-9-14-8-5-4-6-10(14)12(11)14/h4-5,10-12,15H,6-9H2,1-3H3/t10-,11-,12+,14+/m1/s1. The topological polar surface area (TPSA) is 46.2 Å². The quantitative estimate of drug-likeness (QED) is 0.783. The maximum absolute atomic E-state index is 12.2. The van der Waals surface area contributed by atoms with E-state index in [-0.39, 0.29) is 6.04 Å². The number of hydrogen-bond donors (Lipinski definition) is 1. The zero-order valence-corrected chi connectivity index (χ0v) is 12.3. The molecule has 3 nitrogen and oxygen atoms in total. The van der Waals surface area contributed by atoms with Crippen molar-refractivity contribution in [2.24, 2.45) is 17.3 Å². The number of rotatable bonds is 2. The lowest BCUT2D eigenvalue weighted by Crippen LogP contribution is -2.45. The first kappa shape index (κ1) is 12.7. The molecule has 0 aromatic rings. The molecule has 3 aliphatic rings. The monoisotopic (exact) mass is 269 g/mol. The Morgan fingerprint density at radius 1 is 1.28 bits per heavy atom. The average Bonchev–Trinajstić information content (AvgIpc) is 2.81. The highest BCUT2D eigenvalue weighted by atomic mass is 32.2. The lowest BCUT2D eigenvalue weighted by Gasteiger charge is -2.24. The van der Waals surface area contributed by atoms with E-state index in [9.17, 15) is 8.42 Å². The maximum Gasteiger partial charge on any atom is 0.216 e. The van der Waals surface area contributed by atoms with Crippen LogP contribution >= 0.6 is 0 Å². The van der Waals surface area contributed by atoms with Gasteiger partial charge in [0.2, 0.25) is 10.0 Å². The molecular formula is C14H23NO2S. The van der Waals surface area contributed by atoms with E-state index in [1.807, 2.05) is 0 Å². The van der Waals surface area contributed by atoms with Gasteiger partial charge in [0.1, 0.15) is 0 Å². The fourth-order valence-corrected chi connectivity index (χ4v) is 5.09. The Balaban J connectivity index is 1.75. The fraction of sp³-hybridized carbons (Fsp3) is 0.857. The lowest BCUT2D eigenvalue weighted by atomic mass is 9.90. The second-order valence-corrected chi connectivity index (χ2v) is 9.62. The van der Waals surface area contributed by atoms with Crippen LogP contribution in [-0.2, 0) is 10.0 Å². The number of fused-ring (bicyclic) bond motifs is 1. The van der Waals surface area contributed by atoms with Gasteiger partial charge in [0.25, 0.3) is 0 Å². The summed E-state index contributed by atoms with van der Waals surface area (Å²) >= 11 is 0. The first-order valence-corrected chi connectivity index (χ1v) is 8.43. The summed E-state index contributed by atoms with van der Waals surface area (Å²) in [5, 5.41) is 0. The van der Waals surface area contributed by atoms with Crippen molar-refractivity contribution in [1.82, 2.24) is 4.72 Å². The van der Waals surface area contributed by atoms with Gasteiger partial charge in [-0.05, 0) is 63.7 Å². The molecule has 4 atom stereocenters. The van der Waals surface area contributed by atoms with Gasteiger partial charge in [-0.15, -0.1) is 0 Å². The molecular weight excluding hydrogens is 246 g/mol. The van der Waals surface area contributed by atoms with Crippen LogP contribution < -0.4 is 4.72 Å². The Hall–Kier alpha value is -0.350. The van der Waals surface area contributed by atoms with Crippen LogP contribution in [0.1, 0.15) is 46.5 Å². The molecule has 102 valence electrons. The second-order valence-electron chi connectivity index (χ2n) is 7.16. The molecule has 18 heavy (non-hydrogen) atoms. The van der Waals surface area contributed by atoms with Crippen molar-refractivity contribution in [2.75, 3.05) is 0 Å². The molecule has 4 heteroatoms. The molecule has 0 aromatic carbocycles.